The van der Waals surface area contributed by atoms with Crippen molar-refractivity contribution in [2.45, 2.75) is 6.54 Å². The van der Waals surface area contributed by atoms with Crippen molar-refractivity contribution in [2.24, 2.45) is 0 Å². The van der Waals surface area contributed by atoms with E-state index < -0.39 is 27.6 Å². The van der Waals surface area contributed by atoms with Gasteiger partial charge in [0, 0.05) is 5.56 Å². The zero-order chi connectivity index (χ0) is 21.0. The molecule has 29 heavy (non-hydrogen) atoms. The number of carbonyl (C=O) groups is 1. The largest absolute Gasteiger partial charge is 0.319 e. The Hall–Kier alpha value is -3.26. The molecular formula is C21H18F2N2O3S. The molecule has 8 heteroatoms. The summed E-state index contributed by atoms with van der Waals surface area (Å²) in [5.74, 6) is -1.71. The lowest BCUT2D eigenvalue weighted by molar-refractivity contribution is 0.102. The van der Waals surface area contributed by atoms with Crippen LogP contribution >= 0.6 is 0 Å². The van der Waals surface area contributed by atoms with E-state index in [0.717, 1.165) is 10.6 Å². The minimum atomic E-state index is -3.74. The van der Waals surface area contributed by atoms with Crippen molar-refractivity contribution in [1.82, 2.24) is 0 Å². The van der Waals surface area contributed by atoms with Crippen LogP contribution in [0.3, 0.4) is 0 Å². The van der Waals surface area contributed by atoms with Crippen LogP contribution in [0.5, 0.6) is 0 Å². The van der Waals surface area contributed by atoms with E-state index in [1.807, 2.05) is 0 Å². The predicted octanol–water partition coefficient (Wildman–Crippen LogP) is 4.18. The Morgan fingerprint density at radius 3 is 2.07 bits per heavy atom. The minimum absolute atomic E-state index is 0.0589. The van der Waals surface area contributed by atoms with Crippen LogP contribution in [0, 0.1) is 11.6 Å². The van der Waals surface area contributed by atoms with Crippen molar-refractivity contribution < 1.29 is 22.0 Å². The molecule has 1 N–H and O–H groups in total. The van der Waals surface area contributed by atoms with Gasteiger partial charge in [0.05, 0.1) is 24.2 Å². The molecule has 0 aliphatic carbocycles. The van der Waals surface area contributed by atoms with Gasteiger partial charge in [-0.1, -0.05) is 36.4 Å². The average Bonchev–Trinajstić information content (AvgIpc) is 2.68. The Labute approximate surface area is 167 Å². The number of benzene rings is 3. The summed E-state index contributed by atoms with van der Waals surface area (Å²) in [6, 6.07) is 17.5. The molecule has 0 heterocycles. The number of sulfonamides is 1. The maximum absolute atomic E-state index is 14.1. The number of hydrogen-bond donors (Lipinski definition) is 1. The molecule has 0 saturated heterocycles. The highest BCUT2D eigenvalue weighted by molar-refractivity contribution is 7.92. The van der Waals surface area contributed by atoms with E-state index in [1.165, 1.54) is 48.5 Å². The lowest BCUT2D eigenvalue weighted by atomic mass is 10.1. The highest BCUT2D eigenvalue weighted by Gasteiger charge is 2.21. The van der Waals surface area contributed by atoms with Crippen LogP contribution in [0.1, 0.15) is 15.9 Å². The third kappa shape index (κ3) is 4.97. The molecule has 0 spiro atoms. The van der Waals surface area contributed by atoms with Gasteiger partial charge in [0.2, 0.25) is 10.0 Å². The molecule has 5 nitrogen and oxygen atoms in total. The molecule has 0 aliphatic rings. The first-order chi connectivity index (χ1) is 13.8. The summed E-state index contributed by atoms with van der Waals surface area (Å²) >= 11 is 0. The molecule has 0 aromatic heterocycles. The first-order valence-electron chi connectivity index (χ1n) is 8.63. The highest BCUT2D eigenvalue weighted by atomic mass is 32.2. The van der Waals surface area contributed by atoms with Gasteiger partial charge in [0.25, 0.3) is 5.91 Å². The van der Waals surface area contributed by atoms with Gasteiger partial charge in [-0.3, -0.25) is 9.10 Å². The number of amides is 1. The Balaban J connectivity index is 1.79. The summed E-state index contributed by atoms with van der Waals surface area (Å²) < 4.78 is 53.0. The molecule has 3 rings (SSSR count). The van der Waals surface area contributed by atoms with Gasteiger partial charge in [-0.05, 0) is 42.0 Å². The molecule has 0 atom stereocenters. The topological polar surface area (TPSA) is 66.5 Å². The summed E-state index contributed by atoms with van der Waals surface area (Å²) in [4.78, 5) is 12.3. The molecule has 1 amide bonds. The Kier molecular flexibility index (Phi) is 5.93. The number of nitrogens with one attached hydrogen (secondary N) is 1. The van der Waals surface area contributed by atoms with Crippen LogP contribution in [-0.4, -0.2) is 20.6 Å². The SMILES string of the molecule is CS(=O)(=O)N(Cc1ccc(C(=O)Nc2ccccc2F)cc1)c1ccccc1F. The van der Waals surface area contributed by atoms with E-state index >= 15 is 0 Å². The Morgan fingerprint density at radius 2 is 1.48 bits per heavy atom. The second kappa shape index (κ2) is 8.40. The van der Waals surface area contributed by atoms with Crippen LogP contribution in [0.25, 0.3) is 0 Å². The molecule has 3 aromatic rings. The van der Waals surface area contributed by atoms with Crippen molar-refractivity contribution in [1.29, 1.82) is 0 Å². The number of rotatable bonds is 6. The van der Waals surface area contributed by atoms with Gasteiger partial charge in [0.1, 0.15) is 11.6 Å². The fraction of sp³-hybridized carbons (Fsp3) is 0.0952. The maximum atomic E-state index is 14.1. The summed E-state index contributed by atoms with van der Waals surface area (Å²) in [6.07, 6.45) is 0.996. The van der Waals surface area contributed by atoms with Crippen LogP contribution in [0.15, 0.2) is 72.8 Å². The number of para-hydroxylation sites is 2. The van der Waals surface area contributed by atoms with Crippen LogP contribution in [0.4, 0.5) is 20.2 Å². The van der Waals surface area contributed by atoms with Crippen LogP contribution in [-0.2, 0) is 16.6 Å². The molecule has 0 radical (unpaired) electrons. The van der Waals surface area contributed by atoms with Gasteiger partial charge in [-0.15, -0.1) is 0 Å². The normalized spacial score (nSPS) is 11.1. The van der Waals surface area contributed by atoms with Crippen molar-refractivity contribution in [2.75, 3.05) is 15.9 Å². The van der Waals surface area contributed by atoms with E-state index in [-0.39, 0.29) is 23.5 Å². The average molecular weight is 416 g/mol. The Morgan fingerprint density at radius 1 is 0.897 bits per heavy atom. The summed E-state index contributed by atoms with van der Waals surface area (Å²) in [5, 5.41) is 2.47. The summed E-state index contributed by atoms with van der Waals surface area (Å²) in [5.41, 5.74) is 0.829. The second-order valence-corrected chi connectivity index (χ2v) is 8.26. The number of halogens is 2. The predicted molar refractivity (Wildman–Crippen MR) is 108 cm³/mol. The third-order valence-electron chi connectivity index (χ3n) is 4.19. The van der Waals surface area contributed by atoms with Crippen molar-refractivity contribution in [3.05, 3.63) is 95.6 Å². The molecule has 0 saturated carbocycles. The van der Waals surface area contributed by atoms with Gasteiger partial charge in [-0.25, -0.2) is 17.2 Å². The standard InChI is InChI=1S/C21H18F2N2O3S/c1-29(27,28)25(20-9-5-3-7-18(20)23)14-15-10-12-16(13-11-15)21(26)24-19-8-4-2-6-17(19)22/h2-13H,14H2,1H3,(H,24,26). The van der Waals surface area contributed by atoms with E-state index in [2.05, 4.69) is 5.32 Å². The maximum Gasteiger partial charge on any atom is 0.255 e. The molecule has 0 unspecified atom stereocenters. The number of anilines is 2. The lowest BCUT2D eigenvalue weighted by Crippen LogP contribution is -2.30. The van der Waals surface area contributed by atoms with E-state index in [1.54, 1.807) is 24.3 Å². The minimum Gasteiger partial charge on any atom is -0.319 e. The first-order valence-corrected chi connectivity index (χ1v) is 10.5. The molecule has 0 bridgehead atoms. The fourth-order valence-corrected chi connectivity index (χ4v) is 3.61. The van der Waals surface area contributed by atoms with Crippen molar-refractivity contribution >= 4 is 27.3 Å². The monoisotopic (exact) mass is 416 g/mol. The van der Waals surface area contributed by atoms with Gasteiger partial charge < -0.3 is 5.32 Å². The van der Waals surface area contributed by atoms with Crippen LogP contribution < -0.4 is 9.62 Å². The van der Waals surface area contributed by atoms with Crippen LogP contribution in [0.2, 0.25) is 0 Å². The smallest absolute Gasteiger partial charge is 0.255 e. The quantitative estimate of drug-likeness (QED) is 0.656. The number of nitrogens with zero attached hydrogens (tertiary/aromatic N) is 1. The molecule has 0 fully saturated rings. The first kappa shape index (κ1) is 20.5. The molecular weight excluding hydrogens is 398 g/mol. The van der Waals surface area contributed by atoms with Gasteiger partial charge >= 0.3 is 0 Å². The zero-order valence-corrected chi connectivity index (χ0v) is 16.3. The fourth-order valence-electron chi connectivity index (χ4n) is 2.72. The van der Waals surface area contributed by atoms with E-state index in [9.17, 15) is 22.0 Å². The zero-order valence-electron chi connectivity index (χ0n) is 15.5. The molecule has 3 aromatic carbocycles. The second-order valence-electron chi connectivity index (χ2n) is 6.35. The number of hydrogen-bond acceptors (Lipinski definition) is 3. The molecule has 150 valence electrons. The van der Waals surface area contributed by atoms with Gasteiger partial charge in [-0.2, -0.15) is 0 Å². The third-order valence-corrected chi connectivity index (χ3v) is 5.31. The van der Waals surface area contributed by atoms with Crippen molar-refractivity contribution in [3.63, 3.8) is 0 Å². The highest BCUT2D eigenvalue weighted by Crippen LogP contribution is 2.24. The summed E-state index contributed by atoms with van der Waals surface area (Å²) in [7, 11) is -3.74. The Bertz CT molecular complexity index is 1130. The number of carbonyl (C=O) groups excluding carboxylic acids is 1. The molecule has 0 aliphatic heterocycles. The lowest BCUT2D eigenvalue weighted by Gasteiger charge is -2.23. The van der Waals surface area contributed by atoms with Gasteiger partial charge in [0.15, 0.2) is 0 Å². The van der Waals surface area contributed by atoms with Crippen molar-refractivity contribution in [3.8, 4) is 0 Å². The summed E-state index contributed by atoms with van der Waals surface area (Å²) in [6.45, 7) is -0.102. The van der Waals surface area contributed by atoms with E-state index in [4.69, 9.17) is 0 Å². The van der Waals surface area contributed by atoms with E-state index in [0.29, 0.717) is 5.56 Å².